The van der Waals surface area contributed by atoms with Crippen LogP contribution in [0.1, 0.15) is 39.2 Å². The van der Waals surface area contributed by atoms with E-state index in [2.05, 4.69) is 21.2 Å². The molecule has 132 valence electrons. The van der Waals surface area contributed by atoms with E-state index in [-0.39, 0.29) is 5.91 Å². The molecule has 1 aliphatic rings. The summed E-state index contributed by atoms with van der Waals surface area (Å²) in [5, 5.41) is 2.94. The summed E-state index contributed by atoms with van der Waals surface area (Å²) in [5.74, 6) is -0.106. The first-order chi connectivity index (χ1) is 11.3. The maximum Gasteiger partial charge on any atom is 0.410 e. The Morgan fingerprint density at radius 2 is 2.04 bits per heavy atom. The zero-order valence-corrected chi connectivity index (χ0v) is 16.1. The van der Waals surface area contributed by atoms with Crippen molar-refractivity contribution in [2.24, 2.45) is 0 Å². The third-order valence-electron chi connectivity index (χ3n) is 3.83. The number of amides is 2. The van der Waals surface area contributed by atoms with Gasteiger partial charge in [0.15, 0.2) is 0 Å². The molecule has 1 aliphatic heterocycles. The van der Waals surface area contributed by atoms with Gasteiger partial charge in [0.2, 0.25) is 5.91 Å². The molecule has 1 fully saturated rings. The third kappa shape index (κ3) is 5.23. The molecular weight excluding hydrogens is 372 g/mol. The molecule has 1 aromatic carbocycles. The van der Waals surface area contributed by atoms with E-state index in [9.17, 15) is 9.59 Å². The summed E-state index contributed by atoms with van der Waals surface area (Å²) in [5.41, 5.74) is 0.591. The van der Waals surface area contributed by atoms with E-state index >= 15 is 0 Å². The number of hydrogen-bond acceptors (Lipinski definition) is 3. The van der Waals surface area contributed by atoms with Crippen LogP contribution in [0.2, 0.25) is 0 Å². The van der Waals surface area contributed by atoms with E-state index in [0.717, 1.165) is 22.9 Å². The minimum Gasteiger partial charge on any atom is -0.444 e. The van der Waals surface area contributed by atoms with Gasteiger partial charge in [-0.25, -0.2) is 4.79 Å². The van der Waals surface area contributed by atoms with E-state index in [1.807, 2.05) is 45.0 Å². The largest absolute Gasteiger partial charge is 0.444 e. The Bertz CT molecular complexity index is 598. The molecule has 0 saturated carbocycles. The van der Waals surface area contributed by atoms with Gasteiger partial charge in [0.25, 0.3) is 0 Å². The molecule has 5 nitrogen and oxygen atoms in total. The molecule has 1 aromatic rings. The SMILES string of the molecule is CC(C)(C)OC(=O)N1CCCC1C(=O)NCCc1ccccc1Br. The van der Waals surface area contributed by atoms with E-state index in [1.165, 1.54) is 0 Å². The highest BCUT2D eigenvalue weighted by atomic mass is 79.9. The van der Waals surface area contributed by atoms with Gasteiger partial charge < -0.3 is 10.1 Å². The quantitative estimate of drug-likeness (QED) is 0.846. The number of rotatable bonds is 4. The number of nitrogens with one attached hydrogen (secondary N) is 1. The Morgan fingerprint density at radius 1 is 1.33 bits per heavy atom. The average Bonchev–Trinajstić information content (AvgIpc) is 2.97. The fraction of sp³-hybridized carbons (Fsp3) is 0.556. The van der Waals surface area contributed by atoms with Crippen molar-refractivity contribution in [2.45, 2.75) is 51.7 Å². The predicted molar refractivity (Wildman–Crippen MR) is 96.8 cm³/mol. The van der Waals surface area contributed by atoms with Gasteiger partial charge in [-0.05, 0) is 51.7 Å². The lowest BCUT2D eigenvalue weighted by Crippen LogP contribution is -2.47. The molecule has 0 radical (unpaired) electrons. The van der Waals surface area contributed by atoms with Gasteiger partial charge in [-0.3, -0.25) is 9.69 Å². The van der Waals surface area contributed by atoms with Gasteiger partial charge in [-0.1, -0.05) is 34.1 Å². The summed E-state index contributed by atoms with van der Waals surface area (Å²) in [6.45, 7) is 6.59. The number of ether oxygens (including phenoxy) is 1. The van der Waals surface area contributed by atoms with Crippen molar-refractivity contribution in [3.63, 3.8) is 0 Å². The Hall–Kier alpha value is -1.56. The number of benzene rings is 1. The van der Waals surface area contributed by atoms with E-state index in [4.69, 9.17) is 4.74 Å². The molecule has 24 heavy (non-hydrogen) atoms. The predicted octanol–water partition coefficient (Wildman–Crippen LogP) is 3.51. The maximum atomic E-state index is 12.4. The molecule has 0 spiro atoms. The fourth-order valence-electron chi connectivity index (χ4n) is 2.72. The van der Waals surface area contributed by atoms with Crippen molar-refractivity contribution in [1.29, 1.82) is 0 Å². The summed E-state index contributed by atoms with van der Waals surface area (Å²) in [6.07, 6.45) is 1.83. The molecule has 0 aromatic heterocycles. The first kappa shape index (κ1) is 18.8. The second-order valence-corrected chi connectivity index (χ2v) is 7.82. The zero-order valence-electron chi connectivity index (χ0n) is 14.5. The van der Waals surface area contributed by atoms with Crippen LogP contribution in [0, 0.1) is 0 Å². The zero-order chi connectivity index (χ0) is 17.7. The Morgan fingerprint density at radius 3 is 2.71 bits per heavy atom. The van der Waals surface area contributed by atoms with Crippen molar-refractivity contribution < 1.29 is 14.3 Å². The number of nitrogens with zero attached hydrogens (tertiary/aromatic N) is 1. The topological polar surface area (TPSA) is 58.6 Å². The van der Waals surface area contributed by atoms with Gasteiger partial charge in [-0.2, -0.15) is 0 Å². The minimum absolute atomic E-state index is 0.106. The lowest BCUT2D eigenvalue weighted by molar-refractivity contribution is -0.125. The van der Waals surface area contributed by atoms with Gasteiger partial charge in [0.05, 0.1) is 0 Å². The molecule has 1 saturated heterocycles. The van der Waals surface area contributed by atoms with Crippen molar-refractivity contribution in [2.75, 3.05) is 13.1 Å². The second-order valence-electron chi connectivity index (χ2n) is 6.96. The van der Waals surface area contributed by atoms with Crippen LogP contribution >= 0.6 is 15.9 Å². The van der Waals surface area contributed by atoms with E-state index in [1.54, 1.807) is 4.90 Å². The number of likely N-dealkylation sites (tertiary alicyclic amines) is 1. The van der Waals surface area contributed by atoms with E-state index < -0.39 is 17.7 Å². The molecule has 2 amide bonds. The summed E-state index contributed by atoms with van der Waals surface area (Å²) in [4.78, 5) is 26.2. The highest BCUT2D eigenvalue weighted by molar-refractivity contribution is 9.10. The number of halogens is 1. The summed E-state index contributed by atoms with van der Waals surface area (Å²) in [7, 11) is 0. The Balaban J connectivity index is 1.87. The van der Waals surface area contributed by atoms with Gasteiger partial charge in [0, 0.05) is 17.6 Å². The van der Waals surface area contributed by atoms with Crippen LogP contribution < -0.4 is 5.32 Å². The summed E-state index contributed by atoms with van der Waals surface area (Å²) < 4.78 is 6.43. The van der Waals surface area contributed by atoms with Crippen LogP contribution in [0.25, 0.3) is 0 Å². The Labute approximate surface area is 151 Å². The highest BCUT2D eigenvalue weighted by Gasteiger charge is 2.36. The van der Waals surface area contributed by atoms with Crippen LogP contribution in [0.3, 0.4) is 0 Å². The summed E-state index contributed by atoms with van der Waals surface area (Å²) in [6, 6.07) is 7.52. The standard InChI is InChI=1S/C18H25BrN2O3/c1-18(2,3)24-17(23)21-12-6-9-15(21)16(22)20-11-10-13-7-4-5-8-14(13)19/h4-5,7-8,15H,6,9-12H2,1-3H3,(H,20,22). The molecular formula is C18H25BrN2O3. The first-order valence-corrected chi connectivity index (χ1v) is 9.08. The van der Waals surface area contributed by atoms with Crippen LogP contribution in [0.5, 0.6) is 0 Å². The van der Waals surface area contributed by atoms with Crippen molar-refractivity contribution in [3.8, 4) is 0 Å². The van der Waals surface area contributed by atoms with Crippen molar-refractivity contribution in [1.82, 2.24) is 10.2 Å². The van der Waals surface area contributed by atoms with Crippen LogP contribution in [-0.2, 0) is 16.0 Å². The minimum atomic E-state index is -0.555. The molecule has 0 aliphatic carbocycles. The maximum absolute atomic E-state index is 12.4. The van der Waals surface area contributed by atoms with Crippen LogP contribution in [-0.4, -0.2) is 41.6 Å². The average molecular weight is 397 g/mol. The lowest BCUT2D eigenvalue weighted by atomic mass is 10.1. The van der Waals surface area contributed by atoms with Crippen LogP contribution in [0.15, 0.2) is 28.7 Å². The molecule has 2 rings (SSSR count). The van der Waals surface area contributed by atoms with Gasteiger partial charge >= 0.3 is 6.09 Å². The highest BCUT2D eigenvalue weighted by Crippen LogP contribution is 2.21. The molecule has 6 heteroatoms. The normalized spacial score (nSPS) is 17.7. The van der Waals surface area contributed by atoms with E-state index in [0.29, 0.717) is 19.5 Å². The number of carbonyl (C=O) groups is 2. The molecule has 0 bridgehead atoms. The molecule has 1 atom stereocenters. The molecule has 1 N–H and O–H groups in total. The Kier molecular flexibility index (Phi) is 6.27. The summed E-state index contributed by atoms with van der Waals surface area (Å²) >= 11 is 3.50. The third-order valence-corrected chi connectivity index (χ3v) is 4.61. The molecule has 1 heterocycles. The molecule has 1 unspecified atom stereocenters. The van der Waals surface area contributed by atoms with Crippen molar-refractivity contribution in [3.05, 3.63) is 34.3 Å². The van der Waals surface area contributed by atoms with Crippen LogP contribution in [0.4, 0.5) is 4.79 Å². The monoisotopic (exact) mass is 396 g/mol. The first-order valence-electron chi connectivity index (χ1n) is 8.28. The fourth-order valence-corrected chi connectivity index (χ4v) is 3.20. The lowest BCUT2D eigenvalue weighted by Gasteiger charge is -2.28. The smallest absolute Gasteiger partial charge is 0.410 e. The second kappa shape index (κ2) is 8.01. The van der Waals surface area contributed by atoms with Crippen molar-refractivity contribution >= 4 is 27.9 Å². The van der Waals surface area contributed by atoms with Gasteiger partial charge in [-0.15, -0.1) is 0 Å². The number of hydrogen-bond donors (Lipinski definition) is 1. The number of carbonyl (C=O) groups excluding carboxylic acids is 2. The van der Waals surface area contributed by atoms with Gasteiger partial charge in [0.1, 0.15) is 11.6 Å².